The minimum atomic E-state index is -1.06. The van der Waals surface area contributed by atoms with Gasteiger partial charge in [-0.15, -0.1) is 0 Å². The molecule has 0 aromatic heterocycles. The average molecular weight is 735 g/mol. The fourth-order valence-electron chi connectivity index (χ4n) is 7.44. The van der Waals surface area contributed by atoms with Crippen LogP contribution in [0.15, 0.2) is 152 Å². The van der Waals surface area contributed by atoms with E-state index < -0.39 is 48.4 Å². The fourth-order valence-corrected chi connectivity index (χ4v) is 7.44. The summed E-state index contributed by atoms with van der Waals surface area (Å²) in [5, 5.41) is 5.46. The van der Waals surface area contributed by atoms with Crippen LogP contribution in [0.4, 0.5) is 5.69 Å². The number of nitrogens with one attached hydrogen (secondary N) is 2. The molecule has 2 aliphatic rings. The highest BCUT2D eigenvalue weighted by atomic mass is 16.5. The third-order valence-electron chi connectivity index (χ3n) is 10.2. The van der Waals surface area contributed by atoms with E-state index in [0.717, 1.165) is 27.9 Å². The van der Waals surface area contributed by atoms with Crippen molar-refractivity contribution in [2.24, 2.45) is 5.92 Å². The molecule has 0 spiro atoms. The molecule has 2 fully saturated rings. The van der Waals surface area contributed by atoms with Crippen molar-refractivity contribution in [3.63, 3.8) is 0 Å². The van der Waals surface area contributed by atoms with E-state index in [2.05, 4.69) is 10.6 Å². The highest BCUT2D eigenvalue weighted by Gasteiger charge is 2.51. The zero-order valence-corrected chi connectivity index (χ0v) is 30.2. The standard InChI is InChI=1S/C45H42N4O6/c50-39(47-37(28-31-16-6-1-7-17-31)45(54)55-42(33-20-10-3-11-21-33)34-22-12-4-13-23-34)29-46-43(52)38-26-27-40(51)48(38)30-36-41(32-18-8-2-9-19-32)49(44(36)53)35-24-14-5-15-25-35/h1-25,36-38,41-42H,26-30H2,(H,46,52)(H,47,50)/t36-,37-,38-,41+/m0/s1. The summed E-state index contributed by atoms with van der Waals surface area (Å²) in [6.07, 6.45) is -0.133. The van der Waals surface area contributed by atoms with Gasteiger partial charge in [-0.1, -0.05) is 140 Å². The first kappa shape index (κ1) is 36.8. The van der Waals surface area contributed by atoms with Crippen LogP contribution in [0.2, 0.25) is 0 Å². The minimum absolute atomic E-state index is 0.0693. The van der Waals surface area contributed by atoms with E-state index in [1.165, 1.54) is 4.90 Å². The lowest BCUT2D eigenvalue weighted by atomic mass is 9.81. The smallest absolute Gasteiger partial charge is 0.329 e. The number of anilines is 1. The maximum absolute atomic E-state index is 13.9. The maximum atomic E-state index is 13.9. The molecule has 5 aromatic rings. The summed E-state index contributed by atoms with van der Waals surface area (Å²) in [6, 6.07) is 44.9. The van der Waals surface area contributed by atoms with Crippen LogP contribution in [-0.2, 0) is 35.1 Å². The molecule has 2 N–H and O–H groups in total. The predicted molar refractivity (Wildman–Crippen MR) is 207 cm³/mol. The van der Waals surface area contributed by atoms with Crippen molar-refractivity contribution in [2.45, 2.75) is 43.5 Å². The van der Waals surface area contributed by atoms with E-state index in [9.17, 15) is 24.0 Å². The molecule has 55 heavy (non-hydrogen) atoms. The lowest BCUT2D eigenvalue weighted by molar-refractivity contribution is -0.151. The van der Waals surface area contributed by atoms with Gasteiger partial charge in [-0.2, -0.15) is 0 Å². The molecule has 2 aliphatic heterocycles. The molecular formula is C45H42N4O6. The third kappa shape index (κ3) is 8.49. The van der Waals surface area contributed by atoms with Crippen molar-refractivity contribution in [1.29, 1.82) is 0 Å². The zero-order chi connectivity index (χ0) is 38.1. The van der Waals surface area contributed by atoms with Crippen LogP contribution in [0.1, 0.15) is 47.2 Å². The lowest BCUT2D eigenvalue weighted by Gasteiger charge is -2.49. The van der Waals surface area contributed by atoms with Crippen molar-refractivity contribution in [2.75, 3.05) is 18.0 Å². The number of carbonyl (C=O) groups is 5. The van der Waals surface area contributed by atoms with Gasteiger partial charge in [0.05, 0.1) is 18.5 Å². The first-order valence-corrected chi connectivity index (χ1v) is 18.5. The Labute approximate surface area is 320 Å². The van der Waals surface area contributed by atoms with Gasteiger partial charge in [0, 0.05) is 25.1 Å². The molecule has 10 heteroatoms. The molecule has 7 rings (SSSR count). The van der Waals surface area contributed by atoms with Crippen molar-refractivity contribution >= 4 is 35.3 Å². The molecule has 0 unspecified atom stereocenters. The Kier molecular flexibility index (Phi) is 11.4. The number of amides is 4. The van der Waals surface area contributed by atoms with E-state index in [1.807, 2.05) is 152 Å². The summed E-state index contributed by atoms with van der Waals surface area (Å²) in [6.45, 7) is -0.354. The van der Waals surface area contributed by atoms with Gasteiger partial charge in [0.15, 0.2) is 6.10 Å². The maximum Gasteiger partial charge on any atom is 0.329 e. The van der Waals surface area contributed by atoms with Crippen LogP contribution in [0.25, 0.3) is 0 Å². The fraction of sp³-hybridized carbons (Fsp3) is 0.222. The van der Waals surface area contributed by atoms with E-state index in [-0.39, 0.29) is 43.7 Å². The number of nitrogens with zero attached hydrogens (tertiary/aromatic N) is 2. The van der Waals surface area contributed by atoms with Gasteiger partial charge in [-0.3, -0.25) is 19.2 Å². The van der Waals surface area contributed by atoms with Gasteiger partial charge >= 0.3 is 5.97 Å². The summed E-state index contributed by atoms with van der Waals surface area (Å²) in [5.41, 5.74) is 4.07. The second-order valence-corrected chi connectivity index (χ2v) is 13.8. The van der Waals surface area contributed by atoms with Crippen molar-refractivity contribution in [3.8, 4) is 0 Å². The molecule has 0 radical (unpaired) electrons. The van der Waals surface area contributed by atoms with Gasteiger partial charge in [-0.25, -0.2) is 4.79 Å². The van der Waals surface area contributed by atoms with Gasteiger partial charge in [0.1, 0.15) is 12.1 Å². The number of rotatable bonds is 14. The highest BCUT2D eigenvalue weighted by molar-refractivity contribution is 6.04. The Balaban J connectivity index is 1.02. The Morgan fingerprint density at radius 3 is 1.85 bits per heavy atom. The number of hydrogen-bond acceptors (Lipinski definition) is 6. The van der Waals surface area contributed by atoms with E-state index in [4.69, 9.17) is 4.74 Å². The van der Waals surface area contributed by atoms with Crippen LogP contribution in [0, 0.1) is 5.92 Å². The van der Waals surface area contributed by atoms with Crippen LogP contribution in [0.3, 0.4) is 0 Å². The van der Waals surface area contributed by atoms with Gasteiger partial charge in [0.25, 0.3) is 0 Å². The number of β-lactam (4-membered cyclic amide) rings is 1. The quantitative estimate of drug-likeness (QED) is 0.114. The van der Waals surface area contributed by atoms with E-state index in [0.29, 0.717) is 0 Å². The summed E-state index contributed by atoms with van der Waals surface area (Å²) >= 11 is 0. The lowest BCUT2D eigenvalue weighted by Crippen LogP contribution is -2.60. The Morgan fingerprint density at radius 1 is 0.709 bits per heavy atom. The minimum Gasteiger partial charge on any atom is -0.451 e. The average Bonchev–Trinajstić information content (AvgIpc) is 3.60. The van der Waals surface area contributed by atoms with Crippen molar-refractivity contribution in [1.82, 2.24) is 15.5 Å². The van der Waals surface area contributed by atoms with Crippen LogP contribution >= 0.6 is 0 Å². The molecule has 2 heterocycles. The Hall–Kier alpha value is -6.55. The SMILES string of the molecule is O=C(CNC(=O)[C@@H]1CCC(=O)N1C[C@@H]1C(=O)N(c2ccccc2)[C@@H]1c1ccccc1)N[C@@H](Cc1ccccc1)C(=O)OC(c1ccccc1)c1ccccc1. The Morgan fingerprint density at radius 2 is 1.25 bits per heavy atom. The largest absolute Gasteiger partial charge is 0.451 e. The second-order valence-electron chi connectivity index (χ2n) is 13.8. The zero-order valence-electron chi connectivity index (χ0n) is 30.2. The van der Waals surface area contributed by atoms with E-state index in [1.54, 1.807) is 4.90 Å². The van der Waals surface area contributed by atoms with Crippen LogP contribution in [0.5, 0.6) is 0 Å². The summed E-state index contributed by atoms with van der Waals surface area (Å²) < 4.78 is 6.11. The predicted octanol–water partition coefficient (Wildman–Crippen LogP) is 5.56. The number of esters is 1. The van der Waals surface area contributed by atoms with Gasteiger partial charge in [0.2, 0.25) is 23.6 Å². The molecule has 5 aromatic carbocycles. The molecule has 278 valence electrons. The summed E-state index contributed by atoms with van der Waals surface area (Å²) in [7, 11) is 0. The first-order valence-electron chi connectivity index (χ1n) is 18.5. The Bertz CT molecular complexity index is 2060. The summed E-state index contributed by atoms with van der Waals surface area (Å²) in [4.78, 5) is 70.9. The molecule has 0 bridgehead atoms. The topological polar surface area (TPSA) is 125 Å². The number of likely N-dealkylation sites (tertiary alicyclic amines) is 1. The molecule has 4 amide bonds. The number of ether oxygens (including phenoxy) is 1. The normalized spacial score (nSPS) is 18.4. The molecule has 4 atom stereocenters. The number of benzene rings is 5. The van der Waals surface area contributed by atoms with E-state index >= 15 is 0 Å². The molecular weight excluding hydrogens is 693 g/mol. The van der Waals surface area contributed by atoms with Gasteiger partial charge in [-0.05, 0) is 40.8 Å². The second kappa shape index (κ2) is 17.1. The monoisotopic (exact) mass is 734 g/mol. The number of para-hydroxylation sites is 1. The van der Waals surface area contributed by atoms with Crippen LogP contribution in [-0.4, -0.2) is 59.7 Å². The van der Waals surface area contributed by atoms with Gasteiger partial charge < -0.3 is 25.2 Å². The highest BCUT2D eigenvalue weighted by Crippen LogP contribution is 2.44. The number of hydrogen-bond donors (Lipinski definition) is 2. The number of carbonyl (C=O) groups excluding carboxylic acids is 5. The molecule has 0 saturated carbocycles. The molecule has 2 saturated heterocycles. The first-order chi connectivity index (χ1) is 26.9. The molecule has 10 nitrogen and oxygen atoms in total. The summed E-state index contributed by atoms with van der Waals surface area (Å²) in [5.74, 6) is -2.62. The van der Waals surface area contributed by atoms with Crippen LogP contribution < -0.4 is 15.5 Å². The van der Waals surface area contributed by atoms with Crippen molar-refractivity contribution in [3.05, 3.63) is 174 Å². The third-order valence-corrected chi connectivity index (χ3v) is 10.2. The molecule has 0 aliphatic carbocycles. The van der Waals surface area contributed by atoms with Crippen molar-refractivity contribution < 1.29 is 28.7 Å².